The van der Waals surface area contributed by atoms with Crippen molar-refractivity contribution in [3.05, 3.63) is 35.4 Å². The molecule has 142 valence electrons. The topological polar surface area (TPSA) is 58.9 Å². The van der Waals surface area contributed by atoms with E-state index in [9.17, 15) is 13.2 Å². The van der Waals surface area contributed by atoms with Crippen LogP contribution < -0.4 is 4.90 Å². The number of piperazine rings is 1. The molecule has 26 heavy (non-hydrogen) atoms. The molecule has 5 nitrogen and oxygen atoms in total. The average molecular weight is 414 g/mol. The quantitative estimate of drug-likeness (QED) is 0.790. The molecule has 3 aliphatic heterocycles. The van der Waals surface area contributed by atoms with Gasteiger partial charge >= 0.3 is 0 Å². The van der Waals surface area contributed by atoms with Crippen LogP contribution in [-0.4, -0.2) is 74.5 Å². The monoisotopic (exact) mass is 413 g/mol. The maximum Gasteiger partial charge on any atom is 0.254 e. The van der Waals surface area contributed by atoms with Gasteiger partial charge in [0.15, 0.2) is 9.84 Å². The lowest BCUT2D eigenvalue weighted by Crippen LogP contribution is -3.18. The first-order valence-electron chi connectivity index (χ1n) is 9.19. The third-order valence-corrected chi connectivity index (χ3v) is 10.4. The smallest absolute Gasteiger partial charge is 0.254 e. The minimum absolute atomic E-state index is 0.0985. The van der Waals surface area contributed by atoms with Crippen molar-refractivity contribution in [3.8, 4) is 0 Å². The van der Waals surface area contributed by atoms with Gasteiger partial charge < -0.3 is 9.80 Å². The van der Waals surface area contributed by atoms with Crippen LogP contribution in [0.15, 0.2) is 24.3 Å². The minimum Gasteiger partial charge on any atom is -0.329 e. The molecule has 3 aliphatic rings. The maximum absolute atomic E-state index is 12.8. The van der Waals surface area contributed by atoms with Gasteiger partial charge in [-0.2, -0.15) is 0 Å². The second-order valence-corrected chi connectivity index (χ2v) is 12.2. The van der Waals surface area contributed by atoms with E-state index in [0.29, 0.717) is 29.2 Å². The first-order chi connectivity index (χ1) is 12.5. The van der Waals surface area contributed by atoms with Gasteiger partial charge in [-0.05, 0) is 17.7 Å². The first kappa shape index (κ1) is 18.7. The number of quaternary nitrogens is 1. The Kier molecular flexibility index (Phi) is 5.55. The predicted molar refractivity (Wildman–Crippen MR) is 108 cm³/mol. The zero-order valence-corrected chi connectivity index (χ0v) is 17.2. The highest BCUT2D eigenvalue weighted by atomic mass is 32.2. The standard InChI is InChI=1S/C18H24N2O3S3/c21-17(14-1-3-15(4-2-14)18-24-10-11-25-18)20-8-6-19(7-9-20)16-5-12-26(22,23)13-16/h1-4,16,18H,5-13H2/p+1/t16-/m1/s1. The third kappa shape index (κ3) is 4.08. The molecule has 0 bridgehead atoms. The zero-order valence-electron chi connectivity index (χ0n) is 14.7. The number of carbonyl (C=O) groups excluding carboxylic acids is 1. The highest BCUT2D eigenvalue weighted by Crippen LogP contribution is 2.45. The number of nitrogens with zero attached hydrogens (tertiary/aromatic N) is 1. The van der Waals surface area contributed by atoms with E-state index >= 15 is 0 Å². The van der Waals surface area contributed by atoms with Gasteiger partial charge in [0, 0.05) is 23.5 Å². The van der Waals surface area contributed by atoms with Gasteiger partial charge in [-0.1, -0.05) is 12.1 Å². The maximum atomic E-state index is 12.8. The summed E-state index contributed by atoms with van der Waals surface area (Å²) in [5, 5.41) is 0. The normalized spacial score (nSPS) is 27.1. The summed E-state index contributed by atoms with van der Waals surface area (Å²) in [6.07, 6.45) is 0.768. The average Bonchev–Trinajstić information content (AvgIpc) is 3.31. The molecule has 1 aromatic rings. The highest BCUT2D eigenvalue weighted by Gasteiger charge is 2.37. The SMILES string of the molecule is O=C(c1ccc(C2SCCS2)cc1)N1CC[NH+]([C@@H]2CCS(=O)(=O)C2)CC1. The summed E-state index contributed by atoms with van der Waals surface area (Å²) < 4.78 is 23.9. The van der Waals surface area contributed by atoms with E-state index < -0.39 is 9.84 Å². The number of nitrogens with one attached hydrogen (secondary N) is 1. The van der Waals surface area contributed by atoms with E-state index in [2.05, 4.69) is 12.1 Å². The molecular formula is C18H25N2O3S3+. The van der Waals surface area contributed by atoms with Crippen LogP contribution in [0, 0.1) is 0 Å². The van der Waals surface area contributed by atoms with Gasteiger partial charge in [-0.3, -0.25) is 4.79 Å². The molecule has 8 heteroatoms. The van der Waals surface area contributed by atoms with Crippen molar-refractivity contribution < 1.29 is 18.1 Å². The van der Waals surface area contributed by atoms with E-state index in [1.54, 1.807) is 0 Å². The molecule has 0 radical (unpaired) electrons. The van der Waals surface area contributed by atoms with E-state index in [-0.39, 0.29) is 11.9 Å². The van der Waals surface area contributed by atoms with Crippen molar-refractivity contribution in [2.75, 3.05) is 49.2 Å². The number of rotatable bonds is 3. The molecule has 3 fully saturated rings. The van der Waals surface area contributed by atoms with Crippen LogP contribution in [0.5, 0.6) is 0 Å². The van der Waals surface area contributed by atoms with Gasteiger partial charge in [0.05, 0.1) is 36.5 Å². The molecule has 1 aromatic carbocycles. The largest absolute Gasteiger partial charge is 0.329 e. The summed E-state index contributed by atoms with van der Waals surface area (Å²) in [5.74, 6) is 3.14. The zero-order chi connectivity index (χ0) is 18.1. The van der Waals surface area contributed by atoms with Crippen molar-refractivity contribution in [2.45, 2.75) is 17.0 Å². The van der Waals surface area contributed by atoms with Crippen molar-refractivity contribution >= 4 is 39.3 Å². The van der Waals surface area contributed by atoms with Crippen LogP contribution in [-0.2, 0) is 9.84 Å². The predicted octanol–water partition coefficient (Wildman–Crippen LogP) is 0.693. The molecule has 4 rings (SSSR count). The number of benzene rings is 1. The fraction of sp³-hybridized carbons (Fsp3) is 0.611. The van der Waals surface area contributed by atoms with Crippen molar-refractivity contribution in [1.29, 1.82) is 0 Å². The van der Waals surface area contributed by atoms with E-state index in [4.69, 9.17) is 0 Å². The van der Waals surface area contributed by atoms with Crippen LogP contribution in [0.1, 0.15) is 26.9 Å². The fourth-order valence-electron chi connectivity index (χ4n) is 4.04. The number of carbonyl (C=O) groups is 1. The van der Waals surface area contributed by atoms with Crippen LogP contribution in [0.3, 0.4) is 0 Å². The molecule has 1 atom stereocenters. The number of hydrogen-bond donors (Lipinski definition) is 1. The van der Waals surface area contributed by atoms with Crippen molar-refractivity contribution in [2.24, 2.45) is 0 Å². The Labute approximate surface area is 163 Å². The molecule has 3 heterocycles. The van der Waals surface area contributed by atoms with Crippen LogP contribution in [0.25, 0.3) is 0 Å². The molecule has 1 amide bonds. The van der Waals surface area contributed by atoms with E-state index in [1.807, 2.05) is 40.6 Å². The lowest BCUT2D eigenvalue weighted by atomic mass is 10.1. The van der Waals surface area contributed by atoms with E-state index in [1.165, 1.54) is 22.0 Å². The summed E-state index contributed by atoms with van der Waals surface area (Å²) in [7, 11) is -2.83. The number of amides is 1. The van der Waals surface area contributed by atoms with Crippen LogP contribution >= 0.6 is 23.5 Å². The third-order valence-electron chi connectivity index (χ3n) is 5.55. The molecular weight excluding hydrogens is 388 g/mol. The number of hydrogen-bond acceptors (Lipinski definition) is 5. The summed E-state index contributed by atoms with van der Waals surface area (Å²) >= 11 is 3.94. The molecule has 0 aliphatic carbocycles. The molecule has 0 unspecified atom stereocenters. The highest BCUT2D eigenvalue weighted by molar-refractivity contribution is 8.19. The van der Waals surface area contributed by atoms with Gasteiger partial charge in [0.25, 0.3) is 5.91 Å². The van der Waals surface area contributed by atoms with E-state index in [0.717, 1.165) is 25.1 Å². The lowest BCUT2D eigenvalue weighted by Gasteiger charge is -2.35. The van der Waals surface area contributed by atoms with Crippen molar-refractivity contribution in [3.63, 3.8) is 0 Å². The summed E-state index contributed by atoms with van der Waals surface area (Å²) in [6, 6.07) is 8.32. The second kappa shape index (κ2) is 7.73. The molecule has 1 N–H and O–H groups in total. The molecule has 0 aromatic heterocycles. The van der Waals surface area contributed by atoms with Crippen molar-refractivity contribution in [1.82, 2.24) is 4.90 Å². The molecule has 0 saturated carbocycles. The van der Waals surface area contributed by atoms with Gasteiger partial charge in [0.2, 0.25) is 0 Å². The Morgan fingerprint density at radius 2 is 1.73 bits per heavy atom. The van der Waals surface area contributed by atoms with Crippen LogP contribution in [0.2, 0.25) is 0 Å². The number of thioether (sulfide) groups is 2. The Morgan fingerprint density at radius 3 is 2.31 bits per heavy atom. The van der Waals surface area contributed by atoms with Gasteiger partial charge in [-0.25, -0.2) is 8.42 Å². The Bertz CT molecular complexity index is 752. The summed E-state index contributed by atoms with van der Waals surface area (Å²) in [6.45, 7) is 3.11. The minimum atomic E-state index is -2.83. The van der Waals surface area contributed by atoms with Gasteiger partial charge in [0.1, 0.15) is 11.8 Å². The molecule has 0 spiro atoms. The van der Waals surface area contributed by atoms with Crippen LogP contribution in [0.4, 0.5) is 0 Å². The Morgan fingerprint density at radius 1 is 1.08 bits per heavy atom. The fourth-order valence-corrected chi connectivity index (χ4v) is 8.72. The first-order valence-corrected chi connectivity index (χ1v) is 13.1. The Hall–Kier alpha value is -0.700. The molecule has 3 saturated heterocycles. The second-order valence-electron chi connectivity index (χ2n) is 7.25. The van der Waals surface area contributed by atoms with Gasteiger partial charge in [-0.15, -0.1) is 23.5 Å². The number of sulfone groups is 1. The Balaban J connectivity index is 1.33. The summed E-state index contributed by atoms with van der Waals surface area (Å²) in [5.41, 5.74) is 2.05. The lowest BCUT2D eigenvalue weighted by molar-refractivity contribution is -0.925. The summed E-state index contributed by atoms with van der Waals surface area (Å²) in [4.78, 5) is 16.0.